The second-order valence-electron chi connectivity index (χ2n) is 10.7. The molecule has 2 atom stereocenters. The first-order valence-corrected chi connectivity index (χ1v) is 13.7. The lowest BCUT2D eigenvalue weighted by Crippen LogP contribution is -2.48. The molecule has 0 N–H and O–H groups in total. The van der Waals surface area contributed by atoms with Gasteiger partial charge in [-0.25, -0.2) is 4.79 Å². The van der Waals surface area contributed by atoms with E-state index in [1.807, 2.05) is 0 Å². The summed E-state index contributed by atoms with van der Waals surface area (Å²) in [6, 6.07) is 3.26. The van der Waals surface area contributed by atoms with Crippen LogP contribution in [0.1, 0.15) is 67.5 Å². The number of carbonyl (C=O) groups is 1. The normalized spacial score (nSPS) is 17.1. The molecule has 18 heteroatoms. The van der Waals surface area contributed by atoms with Crippen molar-refractivity contribution in [3.63, 3.8) is 0 Å². The fourth-order valence-corrected chi connectivity index (χ4v) is 5.16. The maximum absolute atomic E-state index is 13.9. The number of fused-ring (bicyclic) bond motifs is 1. The Hall–Kier alpha value is -4.56. The van der Waals surface area contributed by atoms with Gasteiger partial charge in [-0.15, -0.1) is 9.90 Å². The van der Waals surface area contributed by atoms with E-state index in [4.69, 9.17) is 10.00 Å². The topological polar surface area (TPSA) is 100 Å². The molecule has 2 heterocycles. The fraction of sp³-hybridized carbons (Fsp3) is 0.464. The van der Waals surface area contributed by atoms with E-state index in [1.165, 1.54) is 4.90 Å². The van der Waals surface area contributed by atoms with Crippen molar-refractivity contribution in [2.24, 2.45) is 0 Å². The number of hydrogen-bond donors (Lipinski definition) is 0. The van der Waals surface area contributed by atoms with Crippen molar-refractivity contribution in [1.29, 1.82) is 5.26 Å². The molecule has 0 fully saturated rings. The van der Waals surface area contributed by atoms with Crippen LogP contribution in [0.15, 0.2) is 36.4 Å². The van der Waals surface area contributed by atoms with Gasteiger partial charge in [0.2, 0.25) is 0 Å². The highest BCUT2D eigenvalue weighted by atomic mass is 19.4. The molecule has 2 aromatic carbocycles. The third kappa shape index (κ3) is 7.45. The Bertz CT molecular complexity index is 1580. The molecular formula is C28H26F9N7O2. The molecular weight excluding hydrogens is 637 g/mol. The van der Waals surface area contributed by atoms with Gasteiger partial charge in [0.05, 0.1) is 40.6 Å². The summed E-state index contributed by atoms with van der Waals surface area (Å²) in [7, 11) is 0. The van der Waals surface area contributed by atoms with Gasteiger partial charge in [-0.1, -0.05) is 12.0 Å². The lowest BCUT2D eigenvalue weighted by Gasteiger charge is -2.44. The number of halogens is 9. The highest BCUT2D eigenvalue weighted by Gasteiger charge is 2.43. The summed E-state index contributed by atoms with van der Waals surface area (Å²) in [6.07, 6.45) is -16.6. The van der Waals surface area contributed by atoms with Gasteiger partial charge in [-0.05, 0) is 79.4 Å². The Morgan fingerprint density at radius 3 is 2.13 bits per heavy atom. The molecule has 0 saturated carbocycles. The SMILES string of the molecule is CCC1C[C@H](N(Cc2cc(C(F)(F)F)cc(C(F)(F)F)c2)c2nnn(CC#N)n2)c2cc(C(F)(F)F)ccc2N1C(=O)OC(C)C. The number of rotatable bonds is 7. The summed E-state index contributed by atoms with van der Waals surface area (Å²) >= 11 is 0. The van der Waals surface area contributed by atoms with Crippen molar-refractivity contribution in [2.75, 3.05) is 9.80 Å². The van der Waals surface area contributed by atoms with Gasteiger partial charge in [0.1, 0.15) is 6.54 Å². The van der Waals surface area contributed by atoms with E-state index in [0.29, 0.717) is 12.1 Å². The molecule has 0 radical (unpaired) electrons. The predicted octanol–water partition coefficient (Wildman–Crippen LogP) is 7.53. The number of hydrogen-bond acceptors (Lipinski definition) is 7. The second-order valence-corrected chi connectivity index (χ2v) is 10.7. The Morgan fingerprint density at radius 1 is 1.00 bits per heavy atom. The van der Waals surface area contributed by atoms with Crippen LogP contribution in [0.5, 0.6) is 0 Å². The molecule has 4 rings (SSSR count). The first-order valence-electron chi connectivity index (χ1n) is 13.7. The first kappa shape index (κ1) is 34.3. The second kappa shape index (κ2) is 12.7. The summed E-state index contributed by atoms with van der Waals surface area (Å²) in [6.45, 7) is 3.64. The van der Waals surface area contributed by atoms with Crippen molar-refractivity contribution >= 4 is 17.7 Å². The van der Waals surface area contributed by atoms with Crippen LogP contribution in [0.4, 0.5) is 55.9 Å². The Kier molecular flexibility index (Phi) is 9.46. The molecule has 46 heavy (non-hydrogen) atoms. The predicted molar refractivity (Wildman–Crippen MR) is 143 cm³/mol. The van der Waals surface area contributed by atoms with Crippen LogP contribution in [0.25, 0.3) is 0 Å². The number of nitrogens with zero attached hydrogens (tertiary/aromatic N) is 7. The van der Waals surface area contributed by atoms with Crippen LogP contribution in [0, 0.1) is 11.3 Å². The Labute approximate surface area is 256 Å². The quantitative estimate of drug-likeness (QED) is 0.241. The number of benzene rings is 2. The molecule has 9 nitrogen and oxygen atoms in total. The zero-order valence-corrected chi connectivity index (χ0v) is 24.4. The molecule has 1 aromatic heterocycles. The lowest BCUT2D eigenvalue weighted by molar-refractivity contribution is -0.143. The van der Waals surface area contributed by atoms with Crippen molar-refractivity contribution < 1.29 is 49.0 Å². The molecule has 1 unspecified atom stereocenters. The van der Waals surface area contributed by atoms with Crippen LogP contribution in [-0.4, -0.2) is 38.4 Å². The van der Waals surface area contributed by atoms with E-state index in [9.17, 15) is 44.3 Å². The fourth-order valence-electron chi connectivity index (χ4n) is 5.16. The maximum atomic E-state index is 13.9. The highest BCUT2D eigenvalue weighted by molar-refractivity contribution is 5.90. The summed E-state index contributed by atoms with van der Waals surface area (Å²) in [4.78, 5) is 16.3. The third-order valence-electron chi connectivity index (χ3n) is 7.13. The minimum atomic E-state index is -5.17. The minimum Gasteiger partial charge on any atom is -0.446 e. The molecule has 1 aliphatic heterocycles. The zero-order valence-electron chi connectivity index (χ0n) is 24.4. The molecule has 3 aromatic rings. The van der Waals surface area contributed by atoms with Crippen molar-refractivity contribution in [3.05, 3.63) is 64.2 Å². The molecule has 0 saturated heterocycles. The van der Waals surface area contributed by atoms with E-state index in [-0.39, 0.29) is 36.1 Å². The summed E-state index contributed by atoms with van der Waals surface area (Å²) in [5.74, 6) is -0.386. The Balaban J connectivity index is 1.96. The van der Waals surface area contributed by atoms with Crippen LogP contribution in [-0.2, 0) is 36.4 Å². The van der Waals surface area contributed by atoms with Gasteiger partial charge in [0.25, 0.3) is 5.95 Å². The van der Waals surface area contributed by atoms with E-state index >= 15 is 0 Å². The average Bonchev–Trinajstić information content (AvgIpc) is 3.41. The number of alkyl halides is 9. The van der Waals surface area contributed by atoms with Crippen molar-refractivity contribution in [1.82, 2.24) is 20.2 Å². The number of anilines is 2. The van der Waals surface area contributed by atoms with Gasteiger partial charge < -0.3 is 9.64 Å². The van der Waals surface area contributed by atoms with E-state index < -0.39 is 78.2 Å². The number of nitriles is 1. The molecule has 1 aliphatic rings. The van der Waals surface area contributed by atoms with Crippen LogP contribution < -0.4 is 9.80 Å². The molecule has 0 bridgehead atoms. The highest BCUT2D eigenvalue weighted by Crippen LogP contribution is 2.46. The monoisotopic (exact) mass is 663 g/mol. The largest absolute Gasteiger partial charge is 0.446 e. The van der Waals surface area contributed by atoms with Gasteiger partial charge >= 0.3 is 24.6 Å². The standard InChI is InChI=1S/C28H26F9N7O2/c1-4-20-13-23(21-12-17(26(29,30)31)5-6-22(21)44(20)25(45)46-15(2)3)42(24-39-41-43(40-24)8-7-38)14-16-9-18(27(32,33)34)11-19(10-16)28(35,36)37/h5-6,9-12,15,20,23H,4,8,13-14H2,1-3H3/t20?,23-/m0/s1. The zero-order chi connectivity index (χ0) is 34.2. The summed E-state index contributed by atoms with van der Waals surface area (Å²) in [5, 5.41) is 20.6. The van der Waals surface area contributed by atoms with Gasteiger partial charge in [0, 0.05) is 12.6 Å². The third-order valence-corrected chi connectivity index (χ3v) is 7.13. The molecule has 1 amide bonds. The molecule has 0 aliphatic carbocycles. The summed E-state index contributed by atoms with van der Waals surface area (Å²) in [5.41, 5.74) is -4.99. The van der Waals surface area contributed by atoms with Crippen LogP contribution in [0.2, 0.25) is 0 Å². The molecule has 248 valence electrons. The van der Waals surface area contributed by atoms with E-state index in [1.54, 1.807) is 26.8 Å². The minimum absolute atomic E-state index is 0.0174. The maximum Gasteiger partial charge on any atom is 0.416 e. The number of tetrazole rings is 1. The van der Waals surface area contributed by atoms with E-state index in [2.05, 4.69) is 15.4 Å². The van der Waals surface area contributed by atoms with E-state index in [0.717, 1.165) is 27.9 Å². The van der Waals surface area contributed by atoms with Crippen molar-refractivity contribution in [3.8, 4) is 6.07 Å². The number of carbonyl (C=O) groups excluding carboxylic acids is 1. The van der Waals surface area contributed by atoms with Crippen molar-refractivity contribution in [2.45, 2.75) is 83.4 Å². The van der Waals surface area contributed by atoms with Gasteiger partial charge in [-0.2, -0.15) is 44.8 Å². The van der Waals surface area contributed by atoms with Gasteiger partial charge in [0.15, 0.2) is 0 Å². The van der Waals surface area contributed by atoms with Crippen LogP contribution in [0.3, 0.4) is 0 Å². The average molecular weight is 664 g/mol. The Morgan fingerprint density at radius 2 is 1.61 bits per heavy atom. The number of aromatic nitrogens is 4. The lowest BCUT2D eigenvalue weighted by atomic mass is 9.87. The first-order chi connectivity index (χ1) is 21.3. The summed E-state index contributed by atoms with van der Waals surface area (Å²) < 4.78 is 129. The number of ether oxygens (including phenoxy) is 1. The smallest absolute Gasteiger partial charge is 0.416 e. The number of amides is 1. The van der Waals surface area contributed by atoms with Gasteiger partial charge in [-0.3, -0.25) is 4.90 Å². The van der Waals surface area contributed by atoms with Crippen LogP contribution >= 0.6 is 0 Å². The molecule has 0 spiro atoms.